The average Bonchev–Trinajstić information content (AvgIpc) is 0. The van der Waals surface area contributed by atoms with Crippen molar-refractivity contribution >= 4 is 0 Å². The molecule has 0 spiro atoms. The summed E-state index contributed by atoms with van der Waals surface area (Å²) in [6.45, 7) is 0. The van der Waals surface area contributed by atoms with E-state index in [9.17, 15) is 0 Å². The Morgan fingerprint density at radius 1 is 0.429 bits per heavy atom. The van der Waals surface area contributed by atoms with E-state index in [-0.39, 0.29) is 46.4 Å². The number of hydrogen-bond acceptors (Lipinski definition) is 0. The first-order valence-electron chi connectivity index (χ1n) is 0. The number of halogens is 5. The second-order valence-corrected chi connectivity index (χ2v) is 0. The van der Waals surface area contributed by atoms with Crippen LogP contribution in [0.25, 0.3) is 0 Å². The van der Waals surface area contributed by atoms with E-state index in [1.54, 1.807) is 0 Å². The Hall–Kier alpha value is 0.142. The van der Waals surface area contributed by atoms with E-state index in [0.29, 0.717) is 0 Å². The van der Waals surface area contributed by atoms with Crippen LogP contribution in [0.3, 0.4) is 0 Å². The Labute approximate surface area is 47.4 Å². The smallest absolute Gasteiger partial charge is 1.00 e. The maximum atomic E-state index is 0. The van der Waals surface area contributed by atoms with Crippen molar-refractivity contribution in [3.8, 4) is 0 Å². The van der Waals surface area contributed by atoms with Crippen LogP contribution in [0.2, 0.25) is 0 Å². The molecule has 0 saturated carbocycles. The van der Waals surface area contributed by atoms with Crippen LogP contribution in [0.15, 0.2) is 0 Å². The summed E-state index contributed by atoms with van der Waals surface area (Å²) in [7, 11) is 0. The summed E-state index contributed by atoms with van der Waals surface area (Å²) in [5.41, 5.74) is 0. The Morgan fingerprint density at radius 3 is 0.429 bits per heavy atom. The van der Waals surface area contributed by atoms with Crippen molar-refractivity contribution in [1.82, 2.24) is 0 Å². The zero-order valence-corrected chi connectivity index (χ0v) is 4.07. The van der Waals surface area contributed by atoms with Gasteiger partial charge in [0.2, 0.25) is 0 Å². The summed E-state index contributed by atoms with van der Waals surface area (Å²) in [4.78, 5) is 0. The minimum atomic E-state index is 0. The molecule has 50 valence electrons. The van der Waals surface area contributed by atoms with Crippen LogP contribution in [-0.4, -0.2) is 5.48 Å². The van der Waals surface area contributed by atoms with Crippen LogP contribution >= 0.6 is 0 Å². The minimum Gasteiger partial charge on any atom is -1.00 e. The van der Waals surface area contributed by atoms with Crippen LogP contribution in [-0.2, 0) is 17.4 Å². The fourth-order valence-corrected chi connectivity index (χ4v) is 0. The van der Waals surface area contributed by atoms with E-state index in [0.717, 1.165) is 0 Å². The van der Waals surface area contributed by atoms with E-state index < -0.39 is 0 Å². The van der Waals surface area contributed by atoms with E-state index in [1.165, 1.54) is 0 Å². The molecule has 0 unspecified atom stereocenters. The largest absolute Gasteiger partial charge is 4.00 e. The fraction of sp³-hybridized carbons (Fsp3) is 0. The topological polar surface area (TPSA) is 31.5 Å². The maximum Gasteiger partial charge on any atom is 4.00 e. The van der Waals surface area contributed by atoms with Gasteiger partial charge >= 0.3 is 17.4 Å². The molecule has 0 aromatic rings. The average molecular weight is 165 g/mol. The van der Waals surface area contributed by atoms with Gasteiger partial charge in [-0.05, 0) is 0 Å². The van der Waals surface area contributed by atoms with E-state index in [4.69, 9.17) is 0 Å². The molecule has 0 rings (SSSR count). The maximum absolute atomic E-state index is 0. The zero-order chi connectivity index (χ0) is 0. The summed E-state index contributed by atoms with van der Waals surface area (Å²) in [6, 6.07) is 0. The van der Waals surface area contributed by atoms with Crippen molar-refractivity contribution < 1.29 is 46.4 Å². The van der Waals surface area contributed by atoms with Crippen molar-refractivity contribution in [1.29, 1.82) is 0 Å². The van der Waals surface area contributed by atoms with Crippen LogP contribution in [0.4, 0.5) is 0 Å². The Morgan fingerprint density at radius 2 is 0.429 bits per heavy atom. The molecule has 0 heterocycles. The molecular weight excluding hydrogens is 163 g/mol. The molecule has 0 bridgehead atoms. The zero-order valence-electron chi connectivity index (χ0n) is 2.80. The molecule has 0 atom stereocenters. The van der Waals surface area contributed by atoms with Gasteiger partial charge in [0.1, 0.15) is 0 Å². The SMILES string of the molecule is O.[Cr+4].[F-].[F-].[F-].[F-].[F-]. The van der Waals surface area contributed by atoms with Gasteiger partial charge in [0, 0.05) is 0 Å². The molecule has 0 aromatic carbocycles. The molecular formula is H2CrF5O-. The van der Waals surface area contributed by atoms with Crippen LogP contribution in [0.1, 0.15) is 0 Å². The molecule has 0 saturated heterocycles. The van der Waals surface area contributed by atoms with Crippen molar-refractivity contribution in [2.75, 3.05) is 0 Å². The molecule has 0 aromatic heterocycles. The fourth-order valence-electron chi connectivity index (χ4n) is 0. The van der Waals surface area contributed by atoms with Gasteiger partial charge in [-0.2, -0.15) is 0 Å². The van der Waals surface area contributed by atoms with E-state index in [2.05, 4.69) is 0 Å². The minimum absolute atomic E-state index is 0. The quantitative estimate of drug-likeness (QED) is 0.319. The third-order valence-corrected chi connectivity index (χ3v) is 0. The van der Waals surface area contributed by atoms with Crippen LogP contribution in [0.5, 0.6) is 0 Å². The number of rotatable bonds is 0. The van der Waals surface area contributed by atoms with Gasteiger partial charge in [0.25, 0.3) is 0 Å². The molecule has 7 heavy (non-hydrogen) atoms. The first-order valence-corrected chi connectivity index (χ1v) is 0. The number of hydrogen-bond donors (Lipinski definition) is 0. The third kappa shape index (κ3) is 5190. The van der Waals surface area contributed by atoms with Gasteiger partial charge in [-0.25, -0.2) is 0 Å². The molecule has 0 aliphatic carbocycles. The molecule has 1 nitrogen and oxygen atoms in total. The van der Waals surface area contributed by atoms with Crippen molar-refractivity contribution in [3.05, 3.63) is 0 Å². The molecule has 7 heteroatoms. The normalized spacial score (nSPS) is 0. The van der Waals surface area contributed by atoms with Crippen molar-refractivity contribution in [2.45, 2.75) is 0 Å². The van der Waals surface area contributed by atoms with Gasteiger partial charge in [-0.1, -0.05) is 0 Å². The van der Waals surface area contributed by atoms with Gasteiger partial charge in [-0.15, -0.1) is 0 Å². The Kier molecular flexibility index (Phi) is 15200000. The molecule has 0 aliphatic rings. The second-order valence-electron chi connectivity index (χ2n) is 0. The summed E-state index contributed by atoms with van der Waals surface area (Å²) < 4.78 is 0. The Bertz CT molecular complexity index is 8.04. The van der Waals surface area contributed by atoms with Crippen LogP contribution in [0, 0.1) is 0 Å². The van der Waals surface area contributed by atoms with Gasteiger partial charge in [0.15, 0.2) is 0 Å². The van der Waals surface area contributed by atoms with Crippen molar-refractivity contribution in [3.63, 3.8) is 0 Å². The van der Waals surface area contributed by atoms with Crippen LogP contribution < -0.4 is 23.5 Å². The van der Waals surface area contributed by atoms with E-state index in [1.807, 2.05) is 0 Å². The predicted molar refractivity (Wildman–Crippen MR) is 3.61 cm³/mol. The molecule has 0 aliphatic heterocycles. The third-order valence-electron chi connectivity index (χ3n) is 0. The predicted octanol–water partition coefficient (Wildman–Crippen LogP) is -15.8. The second kappa shape index (κ2) is 8000. The summed E-state index contributed by atoms with van der Waals surface area (Å²) in [5, 5.41) is 0. The van der Waals surface area contributed by atoms with E-state index >= 15 is 0 Å². The summed E-state index contributed by atoms with van der Waals surface area (Å²) >= 11 is 0. The molecule has 0 amide bonds. The van der Waals surface area contributed by atoms with Gasteiger partial charge in [0.05, 0.1) is 0 Å². The summed E-state index contributed by atoms with van der Waals surface area (Å²) in [6.07, 6.45) is 0. The summed E-state index contributed by atoms with van der Waals surface area (Å²) in [5.74, 6) is 0. The molecule has 0 fully saturated rings. The molecule has 0 radical (unpaired) electrons. The van der Waals surface area contributed by atoms with Gasteiger partial charge in [-0.3, -0.25) is 0 Å². The first kappa shape index (κ1) is 13300. The standard InChI is InChI=1S/Cr.5FH.H2O/h;5*1H;1H2/q+4;;;;;;/p-5. The Balaban J connectivity index is 0. The first-order chi connectivity index (χ1) is 0. The molecule has 2 N–H and O–H groups in total. The monoisotopic (exact) mass is 165 g/mol. The van der Waals surface area contributed by atoms with Crippen molar-refractivity contribution in [2.24, 2.45) is 0 Å². The van der Waals surface area contributed by atoms with Gasteiger partial charge < -0.3 is 29.0 Å².